The van der Waals surface area contributed by atoms with E-state index < -0.39 is 10.0 Å². The fraction of sp³-hybridized carbons (Fsp3) is 0.424. The van der Waals surface area contributed by atoms with Gasteiger partial charge >= 0.3 is 0 Å². The number of rotatable bonds is 9. The molecule has 0 amide bonds. The van der Waals surface area contributed by atoms with Gasteiger partial charge in [-0.25, -0.2) is 8.42 Å². The number of nitrogens with one attached hydrogen (secondary N) is 3. The van der Waals surface area contributed by atoms with Gasteiger partial charge in [0.05, 0.1) is 5.75 Å². The molecule has 3 aliphatic heterocycles. The maximum Gasteiger partial charge on any atom is 0.274 e. The summed E-state index contributed by atoms with van der Waals surface area (Å²) in [5.41, 5.74) is 3.75. The number of piperidine rings is 1. The van der Waals surface area contributed by atoms with Crippen LogP contribution in [0.1, 0.15) is 19.8 Å². The predicted molar refractivity (Wildman–Crippen MR) is 175 cm³/mol. The highest BCUT2D eigenvalue weighted by Crippen LogP contribution is 2.44. The number of aromatic amines is 1. The Hall–Kier alpha value is -3.80. The minimum absolute atomic E-state index is 0.0384. The van der Waals surface area contributed by atoms with E-state index in [9.17, 15) is 13.2 Å². The number of H-pyrrole nitrogens is 1. The number of sulfonamides is 1. The zero-order valence-corrected chi connectivity index (χ0v) is 26.1. The molecule has 10 nitrogen and oxygen atoms in total. The molecule has 11 heteroatoms. The van der Waals surface area contributed by atoms with Crippen LogP contribution in [-0.4, -0.2) is 74.4 Å². The SMILES string of the molecule is CCS(=O)(=O)Nc1ccc(Oc2cccc(N3CC4(CN(CC5CCNCC5)C4)C3)c2)c(-c2cn(C)c(=O)c3[nH]ccc23)c1. The van der Waals surface area contributed by atoms with Crippen LogP contribution in [0, 0.1) is 11.3 Å². The van der Waals surface area contributed by atoms with Crippen LogP contribution in [0.4, 0.5) is 11.4 Å². The number of nitrogens with zero attached hydrogens (tertiary/aromatic N) is 3. The lowest BCUT2D eigenvalue weighted by atomic mass is 9.72. The van der Waals surface area contributed by atoms with Gasteiger partial charge in [-0.05, 0) is 75.2 Å². The predicted octanol–water partition coefficient (Wildman–Crippen LogP) is 4.21. The average Bonchev–Trinajstić information content (AvgIpc) is 3.47. The molecule has 1 spiro atoms. The van der Waals surface area contributed by atoms with Gasteiger partial charge in [-0.2, -0.15) is 0 Å². The summed E-state index contributed by atoms with van der Waals surface area (Å²) in [5.74, 6) is 2.06. The second-order valence-corrected chi connectivity index (χ2v) is 14.8. The van der Waals surface area contributed by atoms with Crippen LogP contribution >= 0.6 is 0 Å². The number of aromatic nitrogens is 2. The third-order valence-corrected chi connectivity index (χ3v) is 10.7. The number of benzene rings is 2. The molecule has 3 aliphatic rings. The summed E-state index contributed by atoms with van der Waals surface area (Å²) in [7, 11) is -1.78. The number of aryl methyl sites for hydroxylation is 1. The second kappa shape index (κ2) is 11.3. The molecule has 2 aromatic heterocycles. The lowest BCUT2D eigenvalue weighted by molar-refractivity contribution is -0.0327. The molecule has 44 heavy (non-hydrogen) atoms. The van der Waals surface area contributed by atoms with E-state index in [1.807, 2.05) is 18.2 Å². The van der Waals surface area contributed by atoms with Crippen molar-refractivity contribution in [3.05, 3.63) is 71.3 Å². The largest absolute Gasteiger partial charge is 0.457 e. The summed E-state index contributed by atoms with van der Waals surface area (Å²) in [6.07, 6.45) is 6.08. The summed E-state index contributed by atoms with van der Waals surface area (Å²) in [6.45, 7) is 9.63. The standard InChI is InChI=1S/C33H40N6O4S/c1-3-44(41,42)36-24-7-8-30(28(15-24)29-18-37(2)32(40)31-27(29)11-14-35-31)43-26-6-4-5-25(16-26)39-21-33(22-39)19-38(20-33)17-23-9-12-34-13-10-23/h4-8,11,14-16,18,23,34-36H,3,9-10,12-13,17,19-22H2,1-2H3. The summed E-state index contributed by atoms with van der Waals surface area (Å²) < 4.78 is 35.4. The Balaban J connectivity index is 1.11. The maximum atomic E-state index is 12.8. The van der Waals surface area contributed by atoms with Crippen molar-refractivity contribution in [1.29, 1.82) is 0 Å². The quantitative estimate of drug-likeness (QED) is 0.258. The molecule has 4 aromatic rings. The highest BCUT2D eigenvalue weighted by Gasteiger charge is 2.51. The van der Waals surface area contributed by atoms with E-state index in [1.54, 1.807) is 44.6 Å². The number of likely N-dealkylation sites (tertiary alicyclic amines) is 1. The molecule has 232 valence electrons. The van der Waals surface area contributed by atoms with E-state index in [1.165, 1.54) is 37.0 Å². The first-order valence-corrected chi connectivity index (χ1v) is 17.1. The number of ether oxygens (including phenoxy) is 1. The molecule has 0 atom stereocenters. The fourth-order valence-corrected chi connectivity index (χ4v) is 7.74. The number of hydrogen-bond acceptors (Lipinski definition) is 7. The van der Waals surface area contributed by atoms with Gasteiger partial charge < -0.3 is 29.4 Å². The highest BCUT2D eigenvalue weighted by molar-refractivity contribution is 7.92. The van der Waals surface area contributed by atoms with Gasteiger partial charge in [0.25, 0.3) is 5.56 Å². The lowest BCUT2D eigenvalue weighted by Gasteiger charge is -2.61. The van der Waals surface area contributed by atoms with Crippen LogP contribution in [-0.2, 0) is 17.1 Å². The number of anilines is 2. The van der Waals surface area contributed by atoms with Gasteiger partial charge in [0, 0.05) is 91.5 Å². The Morgan fingerprint density at radius 1 is 1.02 bits per heavy atom. The highest BCUT2D eigenvalue weighted by atomic mass is 32.2. The first-order chi connectivity index (χ1) is 21.2. The number of hydrogen-bond donors (Lipinski definition) is 3. The van der Waals surface area contributed by atoms with E-state index in [0.29, 0.717) is 33.7 Å². The molecule has 3 fully saturated rings. The van der Waals surface area contributed by atoms with Gasteiger partial charge in [-0.15, -0.1) is 0 Å². The van der Waals surface area contributed by atoms with Crippen molar-refractivity contribution < 1.29 is 13.2 Å². The van der Waals surface area contributed by atoms with Gasteiger partial charge in [0.15, 0.2) is 0 Å². The zero-order chi connectivity index (χ0) is 30.5. The molecule has 3 N–H and O–H groups in total. The van der Waals surface area contributed by atoms with Crippen molar-refractivity contribution in [2.75, 3.05) is 61.2 Å². The summed E-state index contributed by atoms with van der Waals surface area (Å²) in [5, 5.41) is 4.21. The van der Waals surface area contributed by atoms with Crippen LogP contribution in [0.3, 0.4) is 0 Å². The summed E-state index contributed by atoms with van der Waals surface area (Å²) in [6, 6.07) is 15.3. The van der Waals surface area contributed by atoms with Crippen molar-refractivity contribution in [1.82, 2.24) is 19.8 Å². The topological polar surface area (TPSA) is 112 Å². The van der Waals surface area contributed by atoms with Crippen molar-refractivity contribution in [3.8, 4) is 22.6 Å². The molecular weight excluding hydrogens is 576 g/mol. The molecule has 0 aliphatic carbocycles. The monoisotopic (exact) mass is 616 g/mol. The zero-order valence-electron chi connectivity index (χ0n) is 25.3. The Bertz CT molecular complexity index is 1850. The van der Waals surface area contributed by atoms with Crippen LogP contribution in [0.5, 0.6) is 11.5 Å². The van der Waals surface area contributed by atoms with Crippen molar-refractivity contribution in [3.63, 3.8) is 0 Å². The van der Waals surface area contributed by atoms with E-state index in [-0.39, 0.29) is 11.3 Å². The van der Waals surface area contributed by atoms with E-state index in [2.05, 4.69) is 37.0 Å². The Morgan fingerprint density at radius 2 is 1.82 bits per heavy atom. The summed E-state index contributed by atoms with van der Waals surface area (Å²) >= 11 is 0. The fourth-order valence-electron chi connectivity index (χ4n) is 7.11. The molecule has 0 bridgehead atoms. The van der Waals surface area contributed by atoms with Crippen LogP contribution in [0.2, 0.25) is 0 Å². The minimum atomic E-state index is -3.48. The molecule has 0 saturated carbocycles. The van der Waals surface area contributed by atoms with Crippen LogP contribution in [0.15, 0.2) is 65.7 Å². The Morgan fingerprint density at radius 3 is 2.59 bits per heavy atom. The van der Waals surface area contributed by atoms with Crippen molar-refractivity contribution in [2.45, 2.75) is 19.8 Å². The van der Waals surface area contributed by atoms with Gasteiger partial charge in [0.1, 0.15) is 17.0 Å². The molecule has 2 aromatic carbocycles. The van der Waals surface area contributed by atoms with E-state index >= 15 is 0 Å². The van der Waals surface area contributed by atoms with Crippen LogP contribution < -0.4 is 25.2 Å². The van der Waals surface area contributed by atoms with Crippen molar-refractivity contribution in [2.24, 2.45) is 18.4 Å². The minimum Gasteiger partial charge on any atom is -0.457 e. The normalized spacial score (nSPS) is 18.7. The van der Waals surface area contributed by atoms with Crippen LogP contribution in [0.25, 0.3) is 22.0 Å². The second-order valence-electron chi connectivity index (χ2n) is 12.8. The summed E-state index contributed by atoms with van der Waals surface area (Å²) in [4.78, 5) is 20.9. The number of pyridine rings is 1. The first-order valence-electron chi connectivity index (χ1n) is 15.5. The lowest BCUT2D eigenvalue weighted by Crippen LogP contribution is -2.72. The molecule has 0 unspecified atom stereocenters. The van der Waals surface area contributed by atoms with E-state index in [4.69, 9.17) is 4.74 Å². The molecule has 5 heterocycles. The third kappa shape index (κ3) is 5.60. The van der Waals surface area contributed by atoms with Crippen molar-refractivity contribution >= 4 is 32.3 Å². The Kier molecular flexibility index (Phi) is 7.42. The van der Waals surface area contributed by atoms with Gasteiger partial charge in [-0.3, -0.25) is 9.52 Å². The van der Waals surface area contributed by atoms with Gasteiger partial charge in [-0.1, -0.05) is 6.07 Å². The Labute approximate surface area is 258 Å². The van der Waals surface area contributed by atoms with E-state index in [0.717, 1.165) is 48.7 Å². The molecule has 0 radical (unpaired) electrons. The number of fused-ring (bicyclic) bond motifs is 1. The average molecular weight is 617 g/mol. The molecule has 3 saturated heterocycles. The molecular formula is C33H40N6O4S. The smallest absolute Gasteiger partial charge is 0.274 e. The maximum absolute atomic E-state index is 12.8. The first kappa shape index (κ1) is 28.9. The van der Waals surface area contributed by atoms with Gasteiger partial charge in [0.2, 0.25) is 10.0 Å². The third-order valence-electron chi connectivity index (χ3n) is 9.37. The molecule has 7 rings (SSSR count).